The van der Waals surface area contributed by atoms with Gasteiger partial charge in [-0.05, 0) is 42.6 Å². The van der Waals surface area contributed by atoms with Crippen LogP contribution in [0.15, 0.2) is 22.7 Å². The van der Waals surface area contributed by atoms with Gasteiger partial charge >= 0.3 is 0 Å². The summed E-state index contributed by atoms with van der Waals surface area (Å²) >= 11 is 9.74. The average molecular weight is 305 g/mol. The SMILES string of the molecule is CCNC(CC(C)C)c1cc(Br)ccc1Cl. The summed E-state index contributed by atoms with van der Waals surface area (Å²) in [6.07, 6.45) is 1.10. The molecular weight excluding hydrogens is 286 g/mol. The van der Waals surface area contributed by atoms with Crippen molar-refractivity contribution in [1.29, 1.82) is 0 Å². The Hall–Kier alpha value is -0.0500. The maximum Gasteiger partial charge on any atom is 0.0454 e. The first-order valence-electron chi connectivity index (χ1n) is 5.73. The molecule has 1 nitrogen and oxygen atoms in total. The summed E-state index contributed by atoms with van der Waals surface area (Å²) in [5.41, 5.74) is 1.19. The molecule has 0 fully saturated rings. The van der Waals surface area contributed by atoms with Gasteiger partial charge in [-0.2, -0.15) is 0 Å². The van der Waals surface area contributed by atoms with Gasteiger partial charge in [-0.15, -0.1) is 0 Å². The van der Waals surface area contributed by atoms with E-state index in [-0.39, 0.29) is 0 Å². The first kappa shape index (κ1) is 14.0. The van der Waals surface area contributed by atoms with E-state index in [4.69, 9.17) is 11.6 Å². The molecule has 0 radical (unpaired) electrons. The van der Waals surface area contributed by atoms with Gasteiger partial charge < -0.3 is 5.32 Å². The zero-order valence-electron chi connectivity index (χ0n) is 10.1. The molecule has 0 heterocycles. The Kier molecular flexibility index (Phi) is 5.81. The molecule has 1 aromatic rings. The van der Waals surface area contributed by atoms with E-state index in [0.29, 0.717) is 12.0 Å². The van der Waals surface area contributed by atoms with Crippen molar-refractivity contribution in [3.05, 3.63) is 33.3 Å². The largest absolute Gasteiger partial charge is 0.310 e. The first-order valence-corrected chi connectivity index (χ1v) is 6.90. The zero-order chi connectivity index (χ0) is 12.1. The highest BCUT2D eigenvalue weighted by Gasteiger charge is 2.15. The summed E-state index contributed by atoms with van der Waals surface area (Å²) in [6, 6.07) is 6.38. The summed E-state index contributed by atoms with van der Waals surface area (Å²) in [5, 5.41) is 4.34. The monoisotopic (exact) mass is 303 g/mol. The maximum atomic E-state index is 6.25. The molecule has 3 heteroatoms. The number of nitrogens with one attached hydrogen (secondary N) is 1. The fourth-order valence-corrected chi connectivity index (χ4v) is 2.45. The van der Waals surface area contributed by atoms with Crippen LogP contribution in [-0.4, -0.2) is 6.54 Å². The predicted molar refractivity (Wildman–Crippen MR) is 75.0 cm³/mol. The van der Waals surface area contributed by atoms with Gasteiger partial charge in [-0.25, -0.2) is 0 Å². The molecule has 1 atom stereocenters. The van der Waals surface area contributed by atoms with Crippen LogP contribution < -0.4 is 5.32 Å². The number of rotatable bonds is 5. The summed E-state index contributed by atoms with van der Waals surface area (Å²) in [6.45, 7) is 7.55. The highest BCUT2D eigenvalue weighted by molar-refractivity contribution is 9.10. The third-order valence-corrected chi connectivity index (χ3v) is 3.33. The predicted octanol–water partition coefficient (Wildman–Crippen LogP) is 4.80. The minimum Gasteiger partial charge on any atom is -0.310 e. The quantitative estimate of drug-likeness (QED) is 0.824. The summed E-state index contributed by atoms with van der Waals surface area (Å²) in [4.78, 5) is 0. The molecule has 90 valence electrons. The topological polar surface area (TPSA) is 12.0 Å². The summed E-state index contributed by atoms with van der Waals surface area (Å²) < 4.78 is 1.08. The third kappa shape index (κ3) is 4.08. The number of benzene rings is 1. The number of halogens is 2. The molecular formula is C13H19BrClN. The Balaban J connectivity index is 2.94. The molecule has 0 aliphatic carbocycles. The van der Waals surface area contributed by atoms with E-state index in [1.165, 1.54) is 5.56 Å². The summed E-state index contributed by atoms with van der Waals surface area (Å²) in [5.74, 6) is 0.652. The Morgan fingerprint density at radius 2 is 2.06 bits per heavy atom. The molecule has 0 saturated heterocycles. The maximum absolute atomic E-state index is 6.25. The summed E-state index contributed by atoms with van der Waals surface area (Å²) in [7, 11) is 0. The highest BCUT2D eigenvalue weighted by atomic mass is 79.9. The van der Waals surface area contributed by atoms with Crippen LogP contribution in [0.5, 0.6) is 0 Å². The van der Waals surface area contributed by atoms with Crippen molar-refractivity contribution in [2.75, 3.05) is 6.54 Å². The number of hydrogen-bond acceptors (Lipinski definition) is 1. The Bertz CT molecular complexity index is 339. The lowest BCUT2D eigenvalue weighted by atomic mass is 9.97. The second-order valence-electron chi connectivity index (χ2n) is 4.41. The minimum atomic E-state index is 0.343. The van der Waals surface area contributed by atoms with Gasteiger partial charge in [0.15, 0.2) is 0 Å². The molecule has 1 unspecified atom stereocenters. The van der Waals surface area contributed by atoms with Gasteiger partial charge in [0.05, 0.1) is 0 Å². The molecule has 0 aliphatic rings. The molecule has 0 amide bonds. The molecule has 0 aromatic heterocycles. The Labute approximate surface area is 112 Å². The molecule has 0 spiro atoms. The Morgan fingerprint density at radius 3 is 2.62 bits per heavy atom. The van der Waals surface area contributed by atoms with E-state index in [1.807, 2.05) is 12.1 Å². The molecule has 1 aromatic carbocycles. The van der Waals surface area contributed by atoms with Crippen LogP contribution in [0.2, 0.25) is 5.02 Å². The Morgan fingerprint density at radius 1 is 1.38 bits per heavy atom. The second kappa shape index (κ2) is 6.63. The van der Waals surface area contributed by atoms with Gasteiger partial charge in [0.2, 0.25) is 0 Å². The van der Waals surface area contributed by atoms with Crippen LogP contribution >= 0.6 is 27.5 Å². The average Bonchev–Trinajstić information content (AvgIpc) is 2.20. The van der Waals surface area contributed by atoms with Crippen LogP contribution in [0.3, 0.4) is 0 Å². The molecule has 16 heavy (non-hydrogen) atoms. The van der Waals surface area contributed by atoms with Gasteiger partial charge in [-0.3, -0.25) is 0 Å². The molecule has 1 rings (SSSR count). The highest BCUT2D eigenvalue weighted by Crippen LogP contribution is 2.30. The minimum absolute atomic E-state index is 0.343. The molecule has 0 bridgehead atoms. The van der Waals surface area contributed by atoms with Crippen molar-refractivity contribution in [3.8, 4) is 0 Å². The molecule has 1 N–H and O–H groups in total. The van der Waals surface area contributed by atoms with E-state index >= 15 is 0 Å². The normalized spacial score (nSPS) is 13.1. The van der Waals surface area contributed by atoms with E-state index in [9.17, 15) is 0 Å². The first-order chi connectivity index (χ1) is 7.54. The third-order valence-electron chi connectivity index (χ3n) is 2.49. The van der Waals surface area contributed by atoms with Crippen LogP contribution in [0, 0.1) is 5.92 Å². The van der Waals surface area contributed by atoms with Crippen molar-refractivity contribution in [2.24, 2.45) is 5.92 Å². The van der Waals surface area contributed by atoms with Crippen molar-refractivity contribution in [1.82, 2.24) is 5.32 Å². The standard InChI is InChI=1S/C13H19BrClN/c1-4-16-13(7-9(2)3)11-8-10(14)5-6-12(11)15/h5-6,8-9,13,16H,4,7H2,1-3H3. The van der Waals surface area contributed by atoms with E-state index < -0.39 is 0 Å². The fourth-order valence-electron chi connectivity index (χ4n) is 1.82. The zero-order valence-corrected chi connectivity index (χ0v) is 12.4. The van der Waals surface area contributed by atoms with Crippen LogP contribution in [0.25, 0.3) is 0 Å². The van der Waals surface area contributed by atoms with Gasteiger partial charge in [-0.1, -0.05) is 48.3 Å². The smallest absolute Gasteiger partial charge is 0.0454 e. The van der Waals surface area contributed by atoms with E-state index in [1.54, 1.807) is 0 Å². The van der Waals surface area contributed by atoms with Gasteiger partial charge in [0, 0.05) is 15.5 Å². The van der Waals surface area contributed by atoms with Crippen LogP contribution in [0.1, 0.15) is 38.8 Å². The molecule has 0 aliphatic heterocycles. The van der Waals surface area contributed by atoms with E-state index in [2.05, 4.69) is 48.1 Å². The fraction of sp³-hybridized carbons (Fsp3) is 0.538. The lowest BCUT2D eigenvalue weighted by molar-refractivity contribution is 0.438. The van der Waals surface area contributed by atoms with Crippen molar-refractivity contribution < 1.29 is 0 Å². The lowest BCUT2D eigenvalue weighted by Crippen LogP contribution is -2.22. The van der Waals surface area contributed by atoms with Crippen LogP contribution in [-0.2, 0) is 0 Å². The number of hydrogen-bond donors (Lipinski definition) is 1. The van der Waals surface area contributed by atoms with Crippen molar-refractivity contribution in [2.45, 2.75) is 33.2 Å². The molecule has 0 saturated carbocycles. The second-order valence-corrected chi connectivity index (χ2v) is 5.73. The lowest BCUT2D eigenvalue weighted by Gasteiger charge is -2.21. The van der Waals surface area contributed by atoms with Crippen molar-refractivity contribution in [3.63, 3.8) is 0 Å². The van der Waals surface area contributed by atoms with Crippen LogP contribution in [0.4, 0.5) is 0 Å². The van der Waals surface area contributed by atoms with E-state index in [0.717, 1.165) is 22.5 Å². The van der Waals surface area contributed by atoms with Gasteiger partial charge in [0.1, 0.15) is 0 Å². The van der Waals surface area contributed by atoms with Gasteiger partial charge in [0.25, 0.3) is 0 Å². The van der Waals surface area contributed by atoms with Crippen molar-refractivity contribution >= 4 is 27.5 Å².